The average molecular weight is 231 g/mol. The molecule has 0 aromatic rings. The molecule has 0 unspecified atom stereocenters. The number of carbonyl (C=O) groups excluding carboxylic acids is 2. The van der Waals surface area contributed by atoms with Crippen LogP contribution in [0.3, 0.4) is 0 Å². The first-order valence-corrected chi connectivity index (χ1v) is 5.41. The first kappa shape index (κ1) is 14.9. The number of carbonyl (C=O) groups is 2. The lowest BCUT2D eigenvalue weighted by molar-refractivity contribution is -0.120. The predicted octanol–water partition coefficient (Wildman–Crippen LogP) is -1.01. The van der Waals surface area contributed by atoms with Gasteiger partial charge in [0.05, 0.1) is 6.54 Å². The topological polar surface area (TPSA) is 93.4 Å². The van der Waals surface area contributed by atoms with E-state index in [0.29, 0.717) is 32.5 Å². The van der Waals surface area contributed by atoms with Crippen molar-refractivity contribution < 1.29 is 14.3 Å². The highest BCUT2D eigenvalue weighted by atomic mass is 16.5. The zero-order valence-electron chi connectivity index (χ0n) is 9.75. The molecule has 0 aromatic heterocycles. The zero-order valence-corrected chi connectivity index (χ0v) is 9.75. The van der Waals surface area contributed by atoms with Gasteiger partial charge in [-0.05, 0) is 19.4 Å². The molecular weight excluding hydrogens is 210 g/mol. The van der Waals surface area contributed by atoms with Gasteiger partial charge in [-0.3, -0.25) is 9.59 Å². The van der Waals surface area contributed by atoms with Crippen LogP contribution in [0, 0.1) is 0 Å². The van der Waals surface area contributed by atoms with Crippen molar-refractivity contribution in [2.45, 2.75) is 19.3 Å². The second-order valence-electron chi connectivity index (χ2n) is 3.44. The molecule has 0 saturated heterocycles. The van der Waals surface area contributed by atoms with Gasteiger partial charge in [-0.1, -0.05) is 0 Å². The molecule has 0 saturated carbocycles. The largest absolute Gasteiger partial charge is 0.385 e. The van der Waals surface area contributed by atoms with E-state index in [4.69, 9.17) is 10.5 Å². The minimum Gasteiger partial charge on any atom is -0.385 e. The highest BCUT2D eigenvalue weighted by molar-refractivity contribution is 5.77. The fraction of sp³-hybridized carbons (Fsp3) is 0.800. The van der Waals surface area contributed by atoms with Crippen LogP contribution in [0.2, 0.25) is 0 Å². The van der Waals surface area contributed by atoms with Crippen molar-refractivity contribution in [1.29, 1.82) is 0 Å². The van der Waals surface area contributed by atoms with Gasteiger partial charge in [0.2, 0.25) is 11.8 Å². The molecule has 0 aromatic carbocycles. The Hall–Kier alpha value is -1.14. The van der Waals surface area contributed by atoms with E-state index >= 15 is 0 Å². The smallest absolute Gasteiger partial charge is 0.233 e. The third-order valence-electron chi connectivity index (χ3n) is 1.91. The number of rotatable bonds is 10. The van der Waals surface area contributed by atoms with Crippen LogP contribution in [-0.4, -0.2) is 45.2 Å². The summed E-state index contributed by atoms with van der Waals surface area (Å²) < 4.78 is 4.85. The lowest BCUT2D eigenvalue weighted by Crippen LogP contribution is -2.35. The van der Waals surface area contributed by atoms with E-state index in [2.05, 4.69) is 10.6 Å². The maximum absolute atomic E-state index is 11.2. The molecule has 0 bridgehead atoms. The van der Waals surface area contributed by atoms with Crippen molar-refractivity contribution in [3.05, 3.63) is 0 Å². The molecule has 6 nitrogen and oxygen atoms in total. The average Bonchev–Trinajstić information content (AvgIpc) is 2.23. The number of hydrogen-bond acceptors (Lipinski definition) is 4. The van der Waals surface area contributed by atoms with Crippen LogP contribution in [-0.2, 0) is 14.3 Å². The minimum atomic E-state index is -0.314. The van der Waals surface area contributed by atoms with Gasteiger partial charge in [0.1, 0.15) is 0 Å². The molecule has 0 fully saturated rings. The number of primary amides is 1. The molecule has 2 amide bonds. The summed E-state index contributed by atoms with van der Waals surface area (Å²) in [4.78, 5) is 21.6. The number of ether oxygens (including phenoxy) is 1. The summed E-state index contributed by atoms with van der Waals surface area (Å²) in [5.41, 5.74) is 4.97. The van der Waals surface area contributed by atoms with Crippen LogP contribution in [0.15, 0.2) is 0 Å². The van der Waals surface area contributed by atoms with Crippen LogP contribution < -0.4 is 16.4 Å². The van der Waals surface area contributed by atoms with Crippen LogP contribution in [0.4, 0.5) is 0 Å². The number of nitrogens with one attached hydrogen (secondary N) is 2. The molecule has 4 N–H and O–H groups in total. The second-order valence-corrected chi connectivity index (χ2v) is 3.44. The fourth-order valence-electron chi connectivity index (χ4n) is 1.10. The Bertz CT molecular complexity index is 209. The van der Waals surface area contributed by atoms with E-state index in [-0.39, 0.29) is 18.4 Å². The van der Waals surface area contributed by atoms with Crippen molar-refractivity contribution in [3.63, 3.8) is 0 Å². The molecule has 0 aliphatic rings. The first-order valence-electron chi connectivity index (χ1n) is 5.41. The van der Waals surface area contributed by atoms with Crippen molar-refractivity contribution in [2.24, 2.45) is 5.73 Å². The monoisotopic (exact) mass is 231 g/mol. The van der Waals surface area contributed by atoms with Crippen molar-refractivity contribution in [1.82, 2.24) is 10.6 Å². The van der Waals surface area contributed by atoms with E-state index in [0.717, 1.165) is 6.42 Å². The maximum Gasteiger partial charge on any atom is 0.233 e. The maximum atomic E-state index is 11.2. The van der Waals surface area contributed by atoms with Gasteiger partial charge in [-0.25, -0.2) is 0 Å². The van der Waals surface area contributed by atoms with E-state index in [1.54, 1.807) is 7.11 Å². The Kier molecular flexibility index (Phi) is 9.64. The first-order chi connectivity index (χ1) is 7.66. The molecule has 16 heavy (non-hydrogen) atoms. The van der Waals surface area contributed by atoms with Gasteiger partial charge in [0, 0.05) is 26.7 Å². The fourth-order valence-corrected chi connectivity index (χ4v) is 1.10. The molecule has 0 aliphatic heterocycles. The summed E-state index contributed by atoms with van der Waals surface area (Å²) in [7, 11) is 1.63. The zero-order chi connectivity index (χ0) is 12.2. The number of amides is 2. The summed E-state index contributed by atoms with van der Waals surface area (Å²) in [5, 5.41) is 5.67. The van der Waals surface area contributed by atoms with Crippen LogP contribution in [0.25, 0.3) is 0 Å². The third kappa shape index (κ3) is 10.9. The summed E-state index contributed by atoms with van der Waals surface area (Å²) in [6, 6.07) is 0. The number of methoxy groups -OCH3 is 1. The van der Waals surface area contributed by atoms with Gasteiger partial charge in [0.25, 0.3) is 0 Å². The molecule has 0 heterocycles. The highest BCUT2D eigenvalue weighted by Gasteiger charge is 1.99. The van der Waals surface area contributed by atoms with Gasteiger partial charge >= 0.3 is 0 Å². The van der Waals surface area contributed by atoms with E-state index < -0.39 is 0 Å². The van der Waals surface area contributed by atoms with Crippen molar-refractivity contribution >= 4 is 11.8 Å². The predicted molar refractivity (Wildman–Crippen MR) is 60.8 cm³/mol. The molecule has 0 atom stereocenters. The second kappa shape index (κ2) is 10.4. The Morgan fingerprint density at radius 2 is 2.00 bits per heavy atom. The quantitative estimate of drug-likeness (QED) is 0.420. The Morgan fingerprint density at radius 3 is 2.62 bits per heavy atom. The number of hydrogen-bond donors (Lipinski definition) is 3. The molecule has 0 rings (SSSR count). The van der Waals surface area contributed by atoms with E-state index in [1.165, 1.54) is 0 Å². The van der Waals surface area contributed by atoms with Gasteiger partial charge < -0.3 is 21.1 Å². The minimum absolute atomic E-state index is 0.0461. The van der Waals surface area contributed by atoms with Gasteiger partial charge in [0.15, 0.2) is 0 Å². The summed E-state index contributed by atoms with van der Waals surface area (Å²) in [5.74, 6) is -0.360. The van der Waals surface area contributed by atoms with E-state index in [1.807, 2.05) is 0 Å². The molecular formula is C10H21N3O3. The van der Waals surface area contributed by atoms with Crippen LogP contribution in [0.5, 0.6) is 0 Å². The molecule has 0 radical (unpaired) electrons. The van der Waals surface area contributed by atoms with Crippen molar-refractivity contribution in [2.75, 3.05) is 33.4 Å². The lowest BCUT2D eigenvalue weighted by atomic mass is 10.3. The standard InChI is InChI=1S/C10H21N3O3/c1-16-7-3-6-13-10(15)8-12-5-2-4-9(11)14/h12H,2-8H2,1H3,(H2,11,14)(H,13,15). The Balaban J connectivity index is 3.20. The summed E-state index contributed by atoms with van der Waals surface area (Å²) in [6.07, 6.45) is 1.82. The molecule has 0 spiro atoms. The van der Waals surface area contributed by atoms with Gasteiger partial charge in [-0.15, -0.1) is 0 Å². The summed E-state index contributed by atoms with van der Waals surface area (Å²) >= 11 is 0. The van der Waals surface area contributed by atoms with Crippen LogP contribution >= 0.6 is 0 Å². The normalized spacial score (nSPS) is 10.1. The highest BCUT2D eigenvalue weighted by Crippen LogP contribution is 1.83. The third-order valence-corrected chi connectivity index (χ3v) is 1.91. The molecule has 0 aliphatic carbocycles. The Labute approximate surface area is 95.9 Å². The number of nitrogens with two attached hydrogens (primary N) is 1. The van der Waals surface area contributed by atoms with Crippen molar-refractivity contribution in [3.8, 4) is 0 Å². The van der Waals surface area contributed by atoms with Crippen LogP contribution in [0.1, 0.15) is 19.3 Å². The molecule has 6 heteroatoms. The van der Waals surface area contributed by atoms with E-state index in [9.17, 15) is 9.59 Å². The molecule has 94 valence electrons. The van der Waals surface area contributed by atoms with Gasteiger partial charge in [-0.2, -0.15) is 0 Å². The Morgan fingerprint density at radius 1 is 1.25 bits per heavy atom. The SMILES string of the molecule is COCCCNC(=O)CNCCCC(N)=O. The lowest BCUT2D eigenvalue weighted by Gasteiger charge is -2.05. The summed E-state index contributed by atoms with van der Waals surface area (Å²) in [6.45, 7) is 2.15.